The molecule has 0 aromatic carbocycles. The Hall–Kier alpha value is -1.12. The minimum absolute atomic E-state index is 0.0649. The lowest BCUT2D eigenvalue weighted by atomic mass is 9.98. The average Bonchev–Trinajstić information content (AvgIpc) is 2.76. The molecule has 0 fully saturated rings. The van der Waals surface area contributed by atoms with Crippen LogP contribution in [0, 0.1) is 0 Å². The van der Waals surface area contributed by atoms with Crippen molar-refractivity contribution < 1.29 is 42.1 Å². The van der Waals surface area contributed by atoms with Gasteiger partial charge in [-0.25, -0.2) is 9.59 Å². The summed E-state index contributed by atoms with van der Waals surface area (Å²) in [4.78, 5) is 25.1. The van der Waals surface area contributed by atoms with Crippen LogP contribution in [0.5, 0.6) is 0 Å². The summed E-state index contributed by atoms with van der Waals surface area (Å²) in [5.74, 6) is -1.28. The van der Waals surface area contributed by atoms with Crippen LogP contribution in [0.2, 0.25) is 0 Å². The fourth-order valence-electron chi connectivity index (χ4n) is 2.65. The Kier molecular flexibility index (Phi) is 15.1. The summed E-state index contributed by atoms with van der Waals surface area (Å²) in [7, 11) is -2.80. The molecule has 0 N–H and O–H groups in total. The first-order valence-corrected chi connectivity index (χ1v) is 11.8. The van der Waals surface area contributed by atoms with Crippen LogP contribution in [0.3, 0.4) is 0 Å². The molecule has 0 bridgehead atoms. The number of esters is 2. The second-order valence-electron chi connectivity index (χ2n) is 6.47. The molecule has 0 heterocycles. The third-order valence-electron chi connectivity index (χ3n) is 4.86. The first-order chi connectivity index (χ1) is 14.3. The maximum absolute atomic E-state index is 12.7. The topological polar surface area (TPSA) is 107 Å². The molecule has 30 heavy (non-hydrogen) atoms. The smallest absolute Gasteiger partial charge is 0.461 e. The number of hydrogen-bond acceptors (Lipinski definition) is 9. The Morgan fingerprint density at radius 3 is 1.23 bits per heavy atom. The minimum atomic E-state index is -2.80. The number of carbonyl (C=O) groups excluding carboxylic acids is 2. The van der Waals surface area contributed by atoms with Gasteiger partial charge in [0, 0.05) is 17.8 Å². The van der Waals surface area contributed by atoms with E-state index in [2.05, 4.69) is 0 Å². The van der Waals surface area contributed by atoms with Crippen LogP contribution in [0.1, 0.15) is 67.2 Å². The van der Waals surface area contributed by atoms with Gasteiger partial charge in [-0.15, -0.1) is 9.05 Å². The standard InChI is InChI=1S/C20H38O9P/c1-7-19(8-2,17(21)26-15-13-24-11-5)28-30(23)29-20(9-3,10-4)18(22)27-16-14-25-12-6/h7-16H2,1-6H3/q+1. The normalized spacial score (nSPS) is 11.9. The highest BCUT2D eigenvalue weighted by molar-refractivity contribution is 7.33. The van der Waals surface area contributed by atoms with Crippen LogP contribution >= 0.6 is 8.25 Å². The second kappa shape index (κ2) is 15.6. The van der Waals surface area contributed by atoms with Gasteiger partial charge in [-0.1, -0.05) is 27.7 Å². The molecule has 0 atom stereocenters. The maximum atomic E-state index is 12.7. The van der Waals surface area contributed by atoms with E-state index in [1.54, 1.807) is 27.7 Å². The van der Waals surface area contributed by atoms with E-state index in [-0.39, 0.29) is 52.1 Å². The predicted molar refractivity (Wildman–Crippen MR) is 111 cm³/mol. The van der Waals surface area contributed by atoms with Gasteiger partial charge in [0.15, 0.2) is 0 Å². The van der Waals surface area contributed by atoms with E-state index in [0.717, 1.165) is 0 Å². The van der Waals surface area contributed by atoms with Gasteiger partial charge >= 0.3 is 20.2 Å². The van der Waals surface area contributed by atoms with Gasteiger partial charge < -0.3 is 18.9 Å². The molecule has 0 aliphatic carbocycles. The number of hydrogen-bond donors (Lipinski definition) is 0. The minimum Gasteiger partial charge on any atom is -0.461 e. The molecule has 0 amide bonds. The molecular weight excluding hydrogens is 415 g/mol. The highest BCUT2D eigenvalue weighted by Gasteiger charge is 2.53. The van der Waals surface area contributed by atoms with Crippen LogP contribution in [0.15, 0.2) is 0 Å². The van der Waals surface area contributed by atoms with E-state index in [9.17, 15) is 14.2 Å². The van der Waals surface area contributed by atoms with E-state index < -0.39 is 31.4 Å². The van der Waals surface area contributed by atoms with Gasteiger partial charge in [0.2, 0.25) is 11.2 Å². The first kappa shape index (κ1) is 28.9. The van der Waals surface area contributed by atoms with Crippen LogP contribution in [0.4, 0.5) is 0 Å². The average molecular weight is 453 g/mol. The summed E-state index contributed by atoms with van der Waals surface area (Å²) in [6, 6.07) is 0. The number of carbonyl (C=O) groups is 2. The van der Waals surface area contributed by atoms with Gasteiger partial charge in [0.05, 0.1) is 13.2 Å². The zero-order chi connectivity index (χ0) is 23.0. The van der Waals surface area contributed by atoms with Crippen LogP contribution in [0.25, 0.3) is 0 Å². The summed E-state index contributed by atoms with van der Waals surface area (Å²) in [6.45, 7) is 12.3. The fraction of sp³-hybridized carbons (Fsp3) is 0.900. The van der Waals surface area contributed by atoms with Crippen LogP contribution in [-0.2, 0) is 42.1 Å². The van der Waals surface area contributed by atoms with Crippen LogP contribution < -0.4 is 0 Å². The predicted octanol–water partition coefficient (Wildman–Crippen LogP) is 3.95. The monoisotopic (exact) mass is 453 g/mol. The summed E-state index contributed by atoms with van der Waals surface area (Å²) < 4.78 is 44.5. The Balaban J connectivity index is 5.14. The molecule has 0 radical (unpaired) electrons. The first-order valence-electron chi connectivity index (χ1n) is 10.7. The van der Waals surface area contributed by atoms with Crippen molar-refractivity contribution in [2.24, 2.45) is 0 Å². The van der Waals surface area contributed by atoms with E-state index in [4.69, 9.17) is 28.0 Å². The maximum Gasteiger partial charge on any atom is 0.699 e. The molecule has 10 heteroatoms. The number of rotatable bonds is 18. The van der Waals surface area contributed by atoms with Crippen molar-refractivity contribution in [1.29, 1.82) is 0 Å². The van der Waals surface area contributed by atoms with Crippen LogP contribution in [-0.4, -0.2) is 62.8 Å². The van der Waals surface area contributed by atoms with Gasteiger partial charge in [0.25, 0.3) is 0 Å². The van der Waals surface area contributed by atoms with Gasteiger partial charge in [0.1, 0.15) is 13.2 Å². The Labute approximate surface area is 181 Å². The zero-order valence-electron chi connectivity index (χ0n) is 19.2. The quantitative estimate of drug-likeness (QED) is 0.173. The summed E-state index contributed by atoms with van der Waals surface area (Å²) >= 11 is 0. The number of ether oxygens (including phenoxy) is 4. The molecule has 0 aromatic heterocycles. The molecule has 0 aliphatic rings. The molecule has 176 valence electrons. The Morgan fingerprint density at radius 2 is 0.967 bits per heavy atom. The largest absolute Gasteiger partial charge is 0.699 e. The molecule has 0 aromatic rings. The third-order valence-corrected chi connectivity index (χ3v) is 5.85. The lowest BCUT2D eigenvalue weighted by molar-refractivity contribution is -0.169. The molecular formula is C20H38O9P+. The van der Waals surface area contributed by atoms with E-state index >= 15 is 0 Å². The van der Waals surface area contributed by atoms with Crippen molar-refractivity contribution in [1.82, 2.24) is 0 Å². The highest BCUT2D eigenvalue weighted by atomic mass is 31.1. The van der Waals surface area contributed by atoms with Crippen molar-refractivity contribution >= 4 is 20.2 Å². The van der Waals surface area contributed by atoms with Crippen molar-refractivity contribution in [3.05, 3.63) is 0 Å². The SMILES string of the molecule is CCOCCOC(=O)C(CC)(CC)O[P+](=O)OC(CC)(CC)C(=O)OCCOCC. The third kappa shape index (κ3) is 8.94. The Bertz CT molecular complexity index is 472. The van der Waals surface area contributed by atoms with E-state index in [1.807, 2.05) is 13.8 Å². The van der Waals surface area contributed by atoms with Crippen molar-refractivity contribution in [3.8, 4) is 0 Å². The molecule has 0 unspecified atom stereocenters. The lowest BCUT2D eigenvalue weighted by Crippen LogP contribution is -2.43. The molecule has 0 spiro atoms. The lowest BCUT2D eigenvalue weighted by Gasteiger charge is -2.25. The van der Waals surface area contributed by atoms with E-state index in [0.29, 0.717) is 13.2 Å². The highest BCUT2D eigenvalue weighted by Crippen LogP contribution is 2.42. The van der Waals surface area contributed by atoms with Crippen molar-refractivity contribution in [2.75, 3.05) is 39.6 Å². The zero-order valence-corrected chi connectivity index (χ0v) is 20.1. The summed E-state index contributed by atoms with van der Waals surface area (Å²) in [6.07, 6.45) is 0.911. The molecule has 0 rings (SSSR count). The van der Waals surface area contributed by atoms with Crippen molar-refractivity contribution in [3.63, 3.8) is 0 Å². The fourth-order valence-corrected chi connectivity index (χ4v) is 3.93. The van der Waals surface area contributed by atoms with Gasteiger partial charge in [-0.2, -0.15) is 0 Å². The summed E-state index contributed by atoms with van der Waals surface area (Å²) in [5, 5.41) is 0. The molecule has 0 saturated carbocycles. The Morgan fingerprint density at radius 1 is 0.633 bits per heavy atom. The summed E-state index contributed by atoms with van der Waals surface area (Å²) in [5.41, 5.74) is -2.88. The van der Waals surface area contributed by atoms with Crippen molar-refractivity contribution in [2.45, 2.75) is 78.4 Å². The van der Waals surface area contributed by atoms with E-state index in [1.165, 1.54) is 0 Å². The van der Waals surface area contributed by atoms with Gasteiger partial charge in [-0.3, -0.25) is 0 Å². The second-order valence-corrected chi connectivity index (χ2v) is 7.29. The molecule has 0 aliphatic heterocycles. The molecule has 0 saturated heterocycles. The van der Waals surface area contributed by atoms with Gasteiger partial charge in [-0.05, 0) is 39.5 Å². The molecule has 9 nitrogen and oxygen atoms in total.